The van der Waals surface area contributed by atoms with Crippen molar-refractivity contribution in [3.05, 3.63) is 18.4 Å². The van der Waals surface area contributed by atoms with Crippen molar-refractivity contribution in [2.24, 2.45) is 0 Å². The van der Waals surface area contributed by atoms with Gasteiger partial charge in [-0.3, -0.25) is 4.79 Å². The Morgan fingerprint density at radius 3 is 2.09 bits per heavy atom. The summed E-state index contributed by atoms with van der Waals surface area (Å²) in [4.78, 5) is 41.1. The zero-order chi connectivity index (χ0) is 17.3. The van der Waals surface area contributed by atoms with E-state index < -0.39 is 42.3 Å². The van der Waals surface area contributed by atoms with E-state index in [1.807, 2.05) is 0 Å². The molecule has 0 saturated carbocycles. The average molecular weight is 523 g/mol. The molecule has 1 aromatic heterocycles. The van der Waals surface area contributed by atoms with E-state index in [9.17, 15) is 29.7 Å². The standard InChI is InChI=1S/C10H10O8.C2H4O2.Pb.H/c11-6(12)4-10(16,9(14)15)5-7(13)18-8-2-1-3-17-8;1-2(3)4;;/h1-3,16H,4-5H2,(H,11,12)(H,14,15);1H3,(H,3,4);;/q;;+3;/p-3. The van der Waals surface area contributed by atoms with Gasteiger partial charge in [-0.1, -0.05) is 0 Å². The van der Waals surface area contributed by atoms with Crippen LogP contribution in [0.4, 0.5) is 0 Å². The summed E-state index contributed by atoms with van der Waals surface area (Å²) in [5.74, 6) is -6.43. The first-order chi connectivity index (χ1) is 10.1. The number of esters is 1. The third-order valence-corrected chi connectivity index (χ3v) is 1.96. The zero-order valence-electron chi connectivity index (χ0n) is 11.8. The number of aliphatic carboxylic acids is 3. The Morgan fingerprint density at radius 2 is 1.74 bits per heavy atom. The van der Waals surface area contributed by atoms with Crippen LogP contribution in [-0.2, 0) is 19.2 Å². The molecular formula is C12H12O10Pb. The van der Waals surface area contributed by atoms with Crippen LogP contribution in [-0.4, -0.2) is 61.9 Å². The maximum absolute atomic E-state index is 11.3. The number of carbonyl (C=O) groups excluding carboxylic acids is 4. The summed E-state index contributed by atoms with van der Waals surface area (Å²) in [5.41, 5.74) is -2.89. The molecule has 1 rings (SSSR count). The van der Waals surface area contributed by atoms with Crippen LogP contribution in [0, 0.1) is 0 Å². The summed E-state index contributed by atoms with van der Waals surface area (Å²) in [6, 6.07) is 2.68. The van der Waals surface area contributed by atoms with Crippen LogP contribution < -0.4 is 20.1 Å². The molecule has 1 unspecified atom stereocenters. The number of hydrogen-bond acceptors (Lipinski definition) is 10. The van der Waals surface area contributed by atoms with Gasteiger partial charge in [-0.2, -0.15) is 0 Å². The number of ether oxygens (including phenoxy) is 1. The Hall–Kier alpha value is -1.96. The van der Waals surface area contributed by atoms with Gasteiger partial charge in [0.1, 0.15) is 5.60 Å². The van der Waals surface area contributed by atoms with Crippen LogP contribution in [0.15, 0.2) is 22.8 Å². The molecule has 0 bridgehead atoms. The molecule has 1 aromatic rings. The van der Waals surface area contributed by atoms with E-state index in [1.54, 1.807) is 0 Å². The SMILES string of the molecule is CC(=O)[O-].O=C([O-])CC(O)(CC(=O)Oc1ccco1)C(=O)[O-].[PbH+3]. The minimum atomic E-state index is -2.89. The van der Waals surface area contributed by atoms with Crippen LogP contribution in [0.2, 0.25) is 0 Å². The molecule has 0 radical (unpaired) electrons. The Morgan fingerprint density at radius 1 is 1.22 bits per heavy atom. The molecule has 0 aliphatic heterocycles. The van der Waals surface area contributed by atoms with Crippen LogP contribution >= 0.6 is 0 Å². The Kier molecular flexibility index (Phi) is 10.9. The van der Waals surface area contributed by atoms with Gasteiger partial charge < -0.3 is 44.0 Å². The molecule has 11 heteroatoms. The Labute approximate surface area is 149 Å². The fraction of sp³-hybridized carbons (Fsp3) is 0.333. The van der Waals surface area contributed by atoms with Crippen molar-refractivity contribution in [1.29, 1.82) is 0 Å². The van der Waals surface area contributed by atoms with Crippen molar-refractivity contribution in [3.8, 4) is 5.95 Å². The number of furan rings is 1. The monoisotopic (exact) mass is 524 g/mol. The summed E-state index contributed by atoms with van der Waals surface area (Å²) < 4.78 is 9.16. The van der Waals surface area contributed by atoms with Gasteiger partial charge in [0.25, 0.3) is 5.95 Å². The number of carboxylic acids is 3. The minimum absolute atomic E-state index is 0. The number of rotatable bonds is 6. The van der Waals surface area contributed by atoms with E-state index in [2.05, 4.69) is 9.15 Å². The molecule has 23 heavy (non-hydrogen) atoms. The predicted molar refractivity (Wildman–Crippen MR) is 66.4 cm³/mol. The quantitative estimate of drug-likeness (QED) is 0.281. The third-order valence-electron chi connectivity index (χ3n) is 1.96. The molecule has 0 aliphatic rings. The number of aliphatic hydroxyl groups is 1. The molecule has 0 amide bonds. The second-order valence-corrected chi connectivity index (χ2v) is 3.94. The normalized spacial score (nSPS) is 11.7. The summed E-state index contributed by atoms with van der Waals surface area (Å²) in [5, 5.41) is 39.2. The summed E-state index contributed by atoms with van der Waals surface area (Å²) in [6.07, 6.45) is -1.19. The first-order valence-corrected chi connectivity index (χ1v) is 5.62. The molecule has 124 valence electrons. The van der Waals surface area contributed by atoms with Crippen LogP contribution in [0.3, 0.4) is 0 Å². The van der Waals surface area contributed by atoms with Gasteiger partial charge in [-0.05, 0) is 13.0 Å². The van der Waals surface area contributed by atoms with Gasteiger partial charge in [-0.15, -0.1) is 0 Å². The van der Waals surface area contributed by atoms with Gasteiger partial charge in [0.05, 0.1) is 18.7 Å². The van der Waals surface area contributed by atoms with Gasteiger partial charge in [0, 0.05) is 24.4 Å². The fourth-order valence-electron chi connectivity index (χ4n) is 1.15. The van der Waals surface area contributed by atoms with Gasteiger partial charge >= 0.3 is 33.3 Å². The molecule has 0 spiro atoms. The molecule has 1 N–H and O–H groups in total. The molecule has 0 aliphatic carbocycles. The average Bonchev–Trinajstić information content (AvgIpc) is 2.78. The number of hydrogen-bond donors (Lipinski definition) is 1. The molecule has 1 atom stereocenters. The first-order valence-electron chi connectivity index (χ1n) is 5.62. The third kappa shape index (κ3) is 10.4. The van der Waals surface area contributed by atoms with E-state index in [4.69, 9.17) is 9.90 Å². The van der Waals surface area contributed by atoms with Crippen molar-refractivity contribution in [2.45, 2.75) is 25.4 Å². The predicted octanol–water partition coefficient (Wildman–Crippen LogP) is -4.70. The van der Waals surface area contributed by atoms with Crippen LogP contribution in [0.25, 0.3) is 0 Å². The van der Waals surface area contributed by atoms with Crippen molar-refractivity contribution in [3.63, 3.8) is 0 Å². The summed E-state index contributed by atoms with van der Waals surface area (Å²) >= 11 is 0. The van der Waals surface area contributed by atoms with E-state index in [0.29, 0.717) is 0 Å². The fourth-order valence-corrected chi connectivity index (χ4v) is 1.15. The maximum atomic E-state index is 11.3. The van der Waals surface area contributed by atoms with E-state index in [-0.39, 0.29) is 33.2 Å². The van der Waals surface area contributed by atoms with Gasteiger partial charge in [0.2, 0.25) is 0 Å². The molecule has 0 saturated heterocycles. The van der Waals surface area contributed by atoms with Crippen molar-refractivity contribution < 1.29 is 48.8 Å². The van der Waals surface area contributed by atoms with Gasteiger partial charge in [0.15, 0.2) is 0 Å². The van der Waals surface area contributed by atoms with Crippen molar-refractivity contribution in [1.82, 2.24) is 0 Å². The zero-order valence-corrected chi connectivity index (χ0v) is 16.3. The summed E-state index contributed by atoms with van der Waals surface area (Å²) in [7, 11) is 0. The Bertz CT molecular complexity index is 534. The van der Waals surface area contributed by atoms with E-state index >= 15 is 0 Å². The number of carbonyl (C=O) groups is 4. The van der Waals surface area contributed by atoms with E-state index in [0.717, 1.165) is 6.92 Å². The van der Waals surface area contributed by atoms with Crippen LogP contribution in [0.5, 0.6) is 5.95 Å². The second-order valence-electron chi connectivity index (χ2n) is 3.94. The van der Waals surface area contributed by atoms with E-state index in [1.165, 1.54) is 18.4 Å². The molecule has 0 fully saturated rings. The topological polar surface area (TPSA) is 180 Å². The number of carboxylic acid groups (broad SMARTS) is 3. The summed E-state index contributed by atoms with van der Waals surface area (Å²) in [6.45, 7) is 0.972. The van der Waals surface area contributed by atoms with Crippen LogP contribution in [0.1, 0.15) is 19.8 Å². The van der Waals surface area contributed by atoms with Crippen molar-refractivity contribution >= 4 is 51.2 Å². The van der Waals surface area contributed by atoms with Crippen molar-refractivity contribution in [2.75, 3.05) is 0 Å². The molecule has 1 heterocycles. The van der Waals surface area contributed by atoms with Gasteiger partial charge in [-0.25, -0.2) is 0 Å². The molecule has 10 nitrogen and oxygen atoms in total. The Balaban J connectivity index is 0. The second kappa shape index (κ2) is 10.7. The first kappa shape index (κ1) is 23.3. The molecule has 0 aromatic carbocycles. The molecular weight excluding hydrogens is 511 g/mol.